The first kappa shape index (κ1) is 16.1. The predicted octanol–water partition coefficient (Wildman–Crippen LogP) is 3.63. The Labute approximate surface area is 133 Å². The summed E-state index contributed by atoms with van der Waals surface area (Å²) in [6, 6.07) is 14.5. The minimum atomic E-state index is -0.102. The smallest absolute Gasteiger partial charge is 0.221 e. The van der Waals surface area contributed by atoms with Gasteiger partial charge >= 0.3 is 0 Å². The number of ether oxygens (including phenoxy) is 1. The largest absolute Gasteiger partial charge is 0.497 e. The molecule has 1 N–H and O–H groups in total. The van der Waals surface area contributed by atoms with Gasteiger partial charge in [-0.15, -0.1) is 11.8 Å². The molecule has 2 aromatic carbocycles. The lowest BCUT2D eigenvalue weighted by Gasteiger charge is -2.05. The van der Waals surface area contributed by atoms with Crippen molar-refractivity contribution in [3.63, 3.8) is 0 Å². The number of ketones is 1. The molecule has 0 fully saturated rings. The molecule has 0 heterocycles. The van der Waals surface area contributed by atoms with E-state index in [1.165, 1.54) is 18.7 Å². The third kappa shape index (κ3) is 4.63. The Hall–Kier alpha value is -2.27. The van der Waals surface area contributed by atoms with Crippen molar-refractivity contribution in [2.24, 2.45) is 0 Å². The zero-order chi connectivity index (χ0) is 15.9. The van der Waals surface area contributed by atoms with Gasteiger partial charge in [0.25, 0.3) is 0 Å². The van der Waals surface area contributed by atoms with E-state index in [2.05, 4.69) is 5.32 Å². The zero-order valence-electron chi connectivity index (χ0n) is 12.5. The average Bonchev–Trinajstić information content (AvgIpc) is 2.53. The Morgan fingerprint density at radius 3 is 2.23 bits per heavy atom. The van der Waals surface area contributed by atoms with Crippen molar-refractivity contribution in [1.29, 1.82) is 0 Å². The molecular formula is C17H17NO3S. The second-order valence-electron chi connectivity index (χ2n) is 4.65. The molecule has 114 valence electrons. The molecule has 0 saturated heterocycles. The van der Waals surface area contributed by atoms with Crippen LogP contribution in [0.1, 0.15) is 17.3 Å². The van der Waals surface area contributed by atoms with E-state index in [0.29, 0.717) is 11.3 Å². The molecule has 0 radical (unpaired) electrons. The van der Waals surface area contributed by atoms with Gasteiger partial charge in [0.05, 0.1) is 12.9 Å². The zero-order valence-corrected chi connectivity index (χ0v) is 13.3. The fourth-order valence-electron chi connectivity index (χ4n) is 1.85. The number of methoxy groups -OCH3 is 1. The van der Waals surface area contributed by atoms with Crippen LogP contribution in [0, 0.1) is 0 Å². The summed E-state index contributed by atoms with van der Waals surface area (Å²) in [6.07, 6.45) is 0. The average molecular weight is 315 g/mol. The van der Waals surface area contributed by atoms with Crippen LogP contribution in [0.5, 0.6) is 5.75 Å². The molecule has 0 saturated carbocycles. The number of thioether (sulfide) groups is 1. The highest BCUT2D eigenvalue weighted by Gasteiger charge is 2.07. The molecule has 1 amide bonds. The summed E-state index contributed by atoms with van der Waals surface area (Å²) in [4.78, 5) is 24.0. The van der Waals surface area contributed by atoms with Crippen LogP contribution in [-0.2, 0) is 4.79 Å². The van der Waals surface area contributed by atoms with Crippen molar-refractivity contribution in [1.82, 2.24) is 0 Å². The first-order valence-corrected chi connectivity index (χ1v) is 7.75. The molecule has 0 aliphatic carbocycles. The van der Waals surface area contributed by atoms with E-state index >= 15 is 0 Å². The molecule has 0 aliphatic rings. The predicted molar refractivity (Wildman–Crippen MR) is 88.8 cm³/mol. The van der Waals surface area contributed by atoms with Crippen molar-refractivity contribution in [3.8, 4) is 5.75 Å². The van der Waals surface area contributed by atoms with Crippen LogP contribution >= 0.6 is 11.8 Å². The summed E-state index contributed by atoms with van der Waals surface area (Å²) >= 11 is 1.47. The number of amides is 1. The van der Waals surface area contributed by atoms with Crippen LogP contribution in [-0.4, -0.2) is 24.6 Å². The van der Waals surface area contributed by atoms with E-state index in [-0.39, 0.29) is 11.7 Å². The fourth-order valence-corrected chi connectivity index (χ4v) is 2.64. The van der Waals surface area contributed by atoms with Crippen LogP contribution < -0.4 is 10.1 Å². The maximum absolute atomic E-state index is 12.1. The van der Waals surface area contributed by atoms with Crippen LogP contribution in [0.4, 0.5) is 5.69 Å². The number of hydrogen-bond donors (Lipinski definition) is 1. The van der Waals surface area contributed by atoms with Gasteiger partial charge in [0.2, 0.25) is 5.91 Å². The van der Waals surface area contributed by atoms with Gasteiger partial charge in [-0.05, 0) is 48.5 Å². The summed E-state index contributed by atoms with van der Waals surface area (Å²) < 4.78 is 5.07. The quantitative estimate of drug-likeness (QED) is 0.653. The van der Waals surface area contributed by atoms with E-state index in [9.17, 15) is 9.59 Å². The Kier molecular flexibility index (Phi) is 5.61. The van der Waals surface area contributed by atoms with Crippen molar-refractivity contribution >= 4 is 29.1 Å². The Bertz CT molecular complexity index is 651. The molecule has 5 heteroatoms. The third-order valence-electron chi connectivity index (χ3n) is 2.96. The SMILES string of the molecule is COc1ccc(C(=O)CSc2ccc(NC(C)=O)cc2)cc1. The third-order valence-corrected chi connectivity index (χ3v) is 3.97. The summed E-state index contributed by atoms with van der Waals surface area (Å²) in [7, 11) is 1.59. The van der Waals surface area contributed by atoms with Crippen molar-refractivity contribution in [3.05, 3.63) is 54.1 Å². The minimum Gasteiger partial charge on any atom is -0.497 e. The second-order valence-corrected chi connectivity index (χ2v) is 5.69. The number of nitrogens with one attached hydrogen (secondary N) is 1. The number of benzene rings is 2. The summed E-state index contributed by atoms with van der Waals surface area (Å²) in [5, 5.41) is 2.71. The Morgan fingerprint density at radius 1 is 1.05 bits per heavy atom. The highest BCUT2D eigenvalue weighted by Crippen LogP contribution is 2.22. The number of Topliss-reactive ketones (excluding diaryl/α,β-unsaturated/α-hetero) is 1. The summed E-state index contributed by atoms with van der Waals surface area (Å²) in [6.45, 7) is 1.47. The maximum Gasteiger partial charge on any atom is 0.221 e. The van der Waals surface area contributed by atoms with Gasteiger partial charge in [-0.25, -0.2) is 0 Å². The molecule has 22 heavy (non-hydrogen) atoms. The van der Waals surface area contributed by atoms with Gasteiger partial charge in [0.15, 0.2) is 5.78 Å². The van der Waals surface area contributed by atoms with E-state index in [1.807, 2.05) is 24.3 Å². The van der Waals surface area contributed by atoms with Crippen molar-refractivity contribution in [2.75, 3.05) is 18.2 Å². The van der Waals surface area contributed by atoms with E-state index in [4.69, 9.17) is 4.74 Å². The Balaban J connectivity index is 1.91. The second kappa shape index (κ2) is 7.66. The number of rotatable bonds is 6. The summed E-state index contributed by atoms with van der Waals surface area (Å²) in [5.74, 6) is 1.07. The topological polar surface area (TPSA) is 55.4 Å². The highest BCUT2D eigenvalue weighted by molar-refractivity contribution is 8.00. The number of hydrogen-bond acceptors (Lipinski definition) is 4. The first-order valence-electron chi connectivity index (χ1n) is 6.76. The van der Waals surface area contributed by atoms with Crippen LogP contribution in [0.2, 0.25) is 0 Å². The Morgan fingerprint density at radius 2 is 1.68 bits per heavy atom. The van der Waals surface area contributed by atoms with E-state index in [1.54, 1.807) is 31.4 Å². The van der Waals surface area contributed by atoms with Gasteiger partial charge in [0.1, 0.15) is 5.75 Å². The maximum atomic E-state index is 12.1. The molecule has 4 nitrogen and oxygen atoms in total. The normalized spacial score (nSPS) is 10.1. The summed E-state index contributed by atoms with van der Waals surface area (Å²) in [5.41, 5.74) is 1.42. The number of anilines is 1. The molecule has 0 aliphatic heterocycles. The van der Waals surface area contributed by atoms with Crippen molar-refractivity contribution in [2.45, 2.75) is 11.8 Å². The van der Waals surface area contributed by atoms with Gasteiger partial charge in [-0.2, -0.15) is 0 Å². The molecular weight excluding hydrogens is 298 g/mol. The van der Waals surface area contributed by atoms with E-state index < -0.39 is 0 Å². The molecule has 0 spiro atoms. The highest BCUT2D eigenvalue weighted by atomic mass is 32.2. The van der Waals surface area contributed by atoms with Crippen LogP contribution in [0.3, 0.4) is 0 Å². The molecule has 0 bridgehead atoms. The van der Waals surface area contributed by atoms with Crippen LogP contribution in [0.25, 0.3) is 0 Å². The van der Waals surface area contributed by atoms with Crippen molar-refractivity contribution < 1.29 is 14.3 Å². The van der Waals surface area contributed by atoms with Gasteiger partial charge in [0, 0.05) is 23.1 Å². The lowest BCUT2D eigenvalue weighted by Crippen LogP contribution is -2.05. The minimum absolute atomic E-state index is 0.0681. The van der Waals surface area contributed by atoms with Gasteiger partial charge in [-0.3, -0.25) is 9.59 Å². The molecule has 2 rings (SSSR count). The van der Waals surface area contributed by atoms with Crippen LogP contribution in [0.15, 0.2) is 53.4 Å². The standard InChI is InChI=1S/C17H17NO3S/c1-12(19)18-14-5-9-16(10-6-14)22-11-17(20)13-3-7-15(21-2)8-4-13/h3-10H,11H2,1-2H3,(H,18,19). The van der Waals surface area contributed by atoms with E-state index in [0.717, 1.165) is 16.3 Å². The first-order chi connectivity index (χ1) is 10.6. The molecule has 0 unspecified atom stereocenters. The molecule has 0 atom stereocenters. The molecule has 0 aromatic heterocycles. The van der Waals surface area contributed by atoms with Gasteiger partial charge < -0.3 is 10.1 Å². The number of carbonyl (C=O) groups is 2. The molecule has 2 aromatic rings. The van der Waals surface area contributed by atoms with Gasteiger partial charge in [-0.1, -0.05) is 0 Å². The number of carbonyl (C=O) groups excluding carboxylic acids is 2. The lowest BCUT2D eigenvalue weighted by molar-refractivity contribution is -0.114. The lowest BCUT2D eigenvalue weighted by atomic mass is 10.1. The monoisotopic (exact) mass is 315 g/mol. The fraction of sp³-hybridized carbons (Fsp3) is 0.176.